The van der Waals surface area contributed by atoms with Crippen molar-refractivity contribution in [3.63, 3.8) is 0 Å². The molecule has 4 heteroatoms. The molecule has 3 nitrogen and oxygen atoms in total. The van der Waals surface area contributed by atoms with Crippen LogP contribution in [0.1, 0.15) is 35.4 Å². The minimum atomic E-state index is -0.594. The van der Waals surface area contributed by atoms with Crippen LogP contribution >= 0.6 is 0 Å². The van der Waals surface area contributed by atoms with Crippen molar-refractivity contribution in [1.82, 2.24) is 5.32 Å². The van der Waals surface area contributed by atoms with Crippen molar-refractivity contribution < 1.29 is 14.3 Å². The molecule has 2 aromatic carbocycles. The first kappa shape index (κ1) is 16.3. The Balaban J connectivity index is 1.47. The van der Waals surface area contributed by atoms with E-state index in [1.165, 1.54) is 23.3 Å². The summed E-state index contributed by atoms with van der Waals surface area (Å²) in [7, 11) is 0. The number of halogens is 1. The molecule has 2 aliphatic carbocycles. The number of aliphatic hydroxyl groups is 1. The summed E-state index contributed by atoms with van der Waals surface area (Å²) in [4.78, 5) is 12.9. The lowest BCUT2D eigenvalue weighted by Crippen LogP contribution is -2.55. The molecule has 2 atom stereocenters. The van der Waals surface area contributed by atoms with Gasteiger partial charge in [0.25, 0.3) is 0 Å². The van der Waals surface area contributed by atoms with E-state index in [9.17, 15) is 14.3 Å². The van der Waals surface area contributed by atoms with Crippen molar-refractivity contribution in [2.75, 3.05) is 6.61 Å². The topological polar surface area (TPSA) is 49.3 Å². The van der Waals surface area contributed by atoms with Crippen LogP contribution in [-0.4, -0.2) is 23.2 Å². The fourth-order valence-corrected chi connectivity index (χ4v) is 4.21. The molecule has 0 radical (unpaired) electrons. The Bertz CT molecular complexity index is 762. The summed E-state index contributed by atoms with van der Waals surface area (Å²) in [5.41, 5.74) is 2.81. The third-order valence-electron chi connectivity index (χ3n) is 5.78. The standard InChI is InChI=1S/C21H22FNO2/c22-17-7-5-14(6-8-17)18-9-10-19(18)20(25)23-21(13-24)11-15-3-1-2-4-16(15)12-21/h1-8,18-19,24H,9-13H2,(H,23,25). The number of carbonyl (C=O) groups excluding carboxylic acids is 1. The highest BCUT2D eigenvalue weighted by Crippen LogP contribution is 2.43. The first-order valence-corrected chi connectivity index (χ1v) is 8.85. The maximum atomic E-state index is 13.1. The third-order valence-corrected chi connectivity index (χ3v) is 5.78. The summed E-state index contributed by atoms with van der Waals surface area (Å²) < 4.78 is 13.1. The van der Waals surface area contributed by atoms with Gasteiger partial charge in [-0.25, -0.2) is 4.39 Å². The molecule has 1 fully saturated rings. The van der Waals surface area contributed by atoms with Crippen LogP contribution < -0.4 is 5.32 Å². The Kier molecular flexibility index (Phi) is 4.08. The van der Waals surface area contributed by atoms with Crippen LogP contribution in [0.3, 0.4) is 0 Å². The van der Waals surface area contributed by atoms with Gasteiger partial charge in [-0.05, 0) is 60.4 Å². The van der Waals surface area contributed by atoms with Gasteiger partial charge in [0.15, 0.2) is 0 Å². The van der Waals surface area contributed by atoms with E-state index >= 15 is 0 Å². The summed E-state index contributed by atoms with van der Waals surface area (Å²) >= 11 is 0. The van der Waals surface area contributed by atoms with Crippen molar-refractivity contribution in [2.45, 2.75) is 37.1 Å². The Labute approximate surface area is 146 Å². The van der Waals surface area contributed by atoms with Crippen LogP contribution in [0.25, 0.3) is 0 Å². The van der Waals surface area contributed by atoms with Gasteiger partial charge in [-0.1, -0.05) is 36.4 Å². The van der Waals surface area contributed by atoms with E-state index in [-0.39, 0.29) is 30.2 Å². The van der Waals surface area contributed by atoms with Gasteiger partial charge in [-0.3, -0.25) is 4.79 Å². The quantitative estimate of drug-likeness (QED) is 0.900. The number of amides is 1. The summed E-state index contributed by atoms with van der Waals surface area (Å²) in [6, 6.07) is 14.5. The van der Waals surface area contributed by atoms with Crippen molar-refractivity contribution >= 4 is 5.91 Å². The summed E-state index contributed by atoms with van der Waals surface area (Å²) in [6.07, 6.45) is 3.11. The number of nitrogens with one attached hydrogen (secondary N) is 1. The zero-order valence-electron chi connectivity index (χ0n) is 14.0. The highest BCUT2D eigenvalue weighted by atomic mass is 19.1. The lowest BCUT2D eigenvalue weighted by atomic mass is 9.69. The molecule has 0 bridgehead atoms. The highest BCUT2D eigenvalue weighted by molar-refractivity contribution is 5.82. The van der Waals surface area contributed by atoms with E-state index in [1.54, 1.807) is 12.1 Å². The molecule has 0 aromatic heterocycles. The molecule has 130 valence electrons. The average Bonchev–Trinajstić information content (AvgIpc) is 2.94. The van der Waals surface area contributed by atoms with Gasteiger partial charge in [0, 0.05) is 5.92 Å². The maximum Gasteiger partial charge on any atom is 0.224 e. The zero-order valence-corrected chi connectivity index (χ0v) is 14.0. The fraction of sp³-hybridized carbons (Fsp3) is 0.381. The predicted molar refractivity (Wildman–Crippen MR) is 93.7 cm³/mol. The number of aliphatic hydroxyl groups excluding tert-OH is 1. The van der Waals surface area contributed by atoms with E-state index in [0.29, 0.717) is 12.8 Å². The smallest absolute Gasteiger partial charge is 0.224 e. The van der Waals surface area contributed by atoms with E-state index in [2.05, 4.69) is 17.4 Å². The Hall–Kier alpha value is -2.20. The Morgan fingerprint density at radius 2 is 1.72 bits per heavy atom. The van der Waals surface area contributed by atoms with Gasteiger partial charge >= 0.3 is 0 Å². The molecular formula is C21H22FNO2. The summed E-state index contributed by atoms with van der Waals surface area (Å²) in [5.74, 6) is -0.216. The van der Waals surface area contributed by atoms with Crippen LogP contribution in [0.4, 0.5) is 4.39 Å². The molecule has 2 aromatic rings. The van der Waals surface area contributed by atoms with E-state index in [1.807, 2.05) is 12.1 Å². The molecule has 4 rings (SSSR count). The summed E-state index contributed by atoms with van der Waals surface area (Å²) in [6.45, 7) is -0.0681. The molecule has 0 spiro atoms. The monoisotopic (exact) mass is 339 g/mol. The minimum absolute atomic E-state index is 0.00225. The van der Waals surface area contributed by atoms with Crippen LogP contribution in [0.15, 0.2) is 48.5 Å². The Morgan fingerprint density at radius 3 is 2.24 bits per heavy atom. The van der Waals surface area contributed by atoms with Gasteiger partial charge in [-0.2, -0.15) is 0 Å². The molecule has 0 heterocycles. The summed E-state index contributed by atoms with van der Waals surface area (Å²) in [5, 5.41) is 13.1. The number of carbonyl (C=O) groups is 1. The molecule has 25 heavy (non-hydrogen) atoms. The first-order valence-electron chi connectivity index (χ1n) is 8.85. The van der Waals surface area contributed by atoms with Gasteiger partial charge < -0.3 is 10.4 Å². The number of rotatable bonds is 4. The van der Waals surface area contributed by atoms with Crippen molar-refractivity contribution in [2.24, 2.45) is 5.92 Å². The lowest BCUT2D eigenvalue weighted by molar-refractivity contribution is -0.131. The molecule has 1 amide bonds. The highest BCUT2D eigenvalue weighted by Gasteiger charge is 2.43. The van der Waals surface area contributed by atoms with E-state index < -0.39 is 5.54 Å². The number of hydrogen-bond acceptors (Lipinski definition) is 2. The van der Waals surface area contributed by atoms with Gasteiger partial charge in [0.05, 0.1) is 12.1 Å². The fourth-order valence-electron chi connectivity index (χ4n) is 4.21. The van der Waals surface area contributed by atoms with Gasteiger partial charge in [-0.15, -0.1) is 0 Å². The van der Waals surface area contributed by atoms with Crippen molar-refractivity contribution in [3.05, 3.63) is 71.0 Å². The number of hydrogen-bond donors (Lipinski definition) is 2. The van der Waals surface area contributed by atoms with Crippen LogP contribution in [0, 0.1) is 11.7 Å². The molecule has 2 unspecified atom stereocenters. The number of fused-ring (bicyclic) bond motifs is 1. The maximum absolute atomic E-state index is 13.1. The predicted octanol–water partition coefficient (Wildman–Crippen LogP) is 2.97. The molecule has 0 saturated heterocycles. The van der Waals surface area contributed by atoms with E-state index in [4.69, 9.17) is 0 Å². The lowest BCUT2D eigenvalue weighted by Gasteiger charge is -2.39. The van der Waals surface area contributed by atoms with Crippen LogP contribution in [-0.2, 0) is 17.6 Å². The number of benzene rings is 2. The molecular weight excluding hydrogens is 317 g/mol. The van der Waals surface area contributed by atoms with Crippen LogP contribution in [0.5, 0.6) is 0 Å². The molecule has 0 aliphatic heterocycles. The third kappa shape index (κ3) is 2.95. The van der Waals surface area contributed by atoms with Crippen LogP contribution in [0.2, 0.25) is 0 Å². The normalized spacial score (nSPS) is 23.6. The second-order valence-corrected chi connectivity index (χ2v) is 7.39. The van der Waals surface area contributed by atoms with Crippen molar-refractivity contribution in [3.8, 4) is 0 Å². The molecule has 2 N–H and O–H groups in total. The first-order chi connectivity index (χ1) is 12.1. The van der Waals surface area contributed by atoms with Gasteiger partial charge in [0.1, 0.15) is 5.82 Å². The minimum Gasteiger partial charge on any atom is -0.394 e. The molecule has 2 aliphatic rings. The Morgan fingerprint density at radius 1 is 1.08 bits per heavy atom. The largest absolute Gasteiger partial charge is 0.394 e. The average molecular weight is 339 g/mol. The second kappa shape index (κ2) is 6.26. The SMILES string of the molecule is O=C(NC1(CO)Cc2ccccc2C1)C1CCC1c1ccc(F)cc1. The molecule has 1 saturated carbocycles. The van der Waals surface area contributed by atoms with Gasteiger partial charge in [0.2, 0.25) is 5.91 Å². The second-order valence-electron chi connectivity index (χ2n) is 7.39. The van der Waals surface area contributed by atoms with Crippen molar-refractivity contribution in [1.29, 1.82) is 0 Å². The zero-order chi connectivity index (χ0) is 17.4. The van der Waals surface area contributed by atoms with E-state index in [0.717, 1.165) is 18.4 Å².